The van der Waals surface area contributed by atoms with E-state index >= 15 is 0 Å². The van der Waals surface area contributed by atoms with Gasteiger partial charge in [-0.05, 0) is 43.2 Å². The zero-order valence-electron chi connectivity index (χ0n) is 16.6. The molecule has 0 aromatic heterocycles. The number of hydrogen-bond donors (Lipinski definition) is 1. The molecule has 5 heteroatoms. The standard InChI is InChI=1S/C21H33N3O.HI/c1-5-25-18-10-12-24(13-11-18)21(22-4)23-20-14-19(20)17-8-6-16(7-9-17)15(2)3;/h6-9,15,18-20H,5,10-14H2,1-4H3,(H,22,23);1H. The van der Waals surface area contributed by atoms with Gasteiger partial charge in [0, 0.05) is 38.7 Å². The Morgan fingerprint density at radius 1 is 1.23 bits per heavy atom. The smallest absolute Gasteiger partial charge is 0.193 e. The molecule has 2 atom stereocenters. The van der Waals surface area contributed by atoms with Crippen molar-refractivity contribution in [3.8, 4) is 0 Å². The summed E-state index contributed by atoms with van der Waals surface area (Å²) in [5, 5.41) is 3.68. The number of likely N-dealkylation sites (tertiary alicyclic amines) is 1. The predicted molar refractivity (Wildman–Crippen MR) is 120 cm³/mol. The normalized spacial score (nSPS) is 23.7. The Hall–Kier alpha value is -0.820. The number of aliphatic imine (C=N–C) groups is 1. The maximum absolute atomic E-state index is 5.75. The van der Waals surface area contributed by atoms with Crippen molar-refractivity contribution in [1.82, 2.24) is 10.2 Å². The summed E-state index contributed by atoms with van der Waals surface area (Å²) in [5.41, 5.74) is 2.87. The first kappa shape index (κ1) is 21.5. The second kappa shape index (κ2) is 9.93. The lowest BCUT2D eigenvalue weighted by Gasteiger charge is -2.34. The lowest BCUT2D eigenvalue weighted by molar-refractivity contribution is 0.0263. The van der Waals surface area contributed by atoms with Gasteiger partial charge >= 0.3 is 0 Å². The summed E-state index contributed by atoms with van der Waals surface area (Å²) in [7, 11) is 1.89. The van der Waals surface area contributed by atoms with Gasteiger partial charge in [0.2, 0.25) is 0 Å². The van der Waals surface area contributed by atoms with Crippen molar-refractivity contribution in [2.24, 2.45) is 4.99 Å². The molecule has 0 bridgehead atoms. The Balaban J connectivity index is 0.00000243. The average Bonchev–Trinajstić information content (AvgIpc) is 3.40. The fourth-order valence-corrected chi connectivity index (χ4v) is 3.78. The summed E-state index contributed by atoms with van der Waals surface area (Å²) >= 11 is 0. The van der Waals surface area contributed by atoms with E-state index in [4.69, 9.17) is 4.74 Å². The highest BCUT2D eigenvalue weighted by Gasteiger charge is 2.39. The minimum absolute atomic E-state index is 0. The Morgan fingerprint density at radius 2 is 1.88 bits per heavy atom. The molecule has 1 aliphatic carbocycles. The fraction of sp³-hybridized carbons (Fsp3) is 0.667. The van der Waals surface area contributed by atoms with Gasteiger partial charge in [-0.1, -0.05) is 38.1 Å². The van der Waals surface area contributed by atoms with Crippen LogP contribution in [0.2, 0.25) is 0 Å². The highest BCUT2D eigenvalue weighted by Crippen LogP contribution is 2.41. The lowest BCUT2D eigenvalue weighted by Crippen LogP contribution is -2.47. The first-order valence-electron chi connectivity index (χ1n) is 9.82. The largest absolute Gasteiger partial charge is 0.378 e. The number of nitrogens with zero attached hydrogens (tertiary/aromatic N) is 2. The molecule has 146 valence electrons. The highest BCUT2D eigenvalue weighted by atomic mass is 127. The molecule has 2 aliphatic rings. The number of benzene rings is 1. The van der Waals surface area contributed by atoms with Gasteiger partial charge in [-0.25, -0.2) is 0 Å². The summed E-state index contributed by atoms with van der Waals surface area (Å²) in [5.74, 6) is 2.28. The maximum atomic E-state index is 5.75. The highest BCUT2D eigenvalue weighted by molar-refractivity contribution is 14.0. The van der Waals surface area contributed by atoms with E-state index in [-0.39, 0.29) is 24.0 Å². The van der Waals surface area contributed by atoms with Crippen molar-refractivity contribution < 1.29 is 4.74 Å². The fourth-order valence-electron chi connectivity index (χ4n) is 3.78. The summed E-state index contributed by atoms with van der Waals surface area (Å²) in [6.45, 7) is 9.45. The molecule has 1 N–H and O–H groups in total. The van der Waals surface area contributed by atoms with Crippen molar-refractivity contribution >= 4 is 29.9 Å². The number of rotatable bonds is 5. The third kappa shape index (κ3) is 5.35. The molecular formula is C21H34IN3O. The van der Waals surface area contributed by atoms with Crippen molar-refractivity contribution in [2.75, 3.05) is 26.7 Å². The molecule has 1 aliphatic heterocycles. The molecule has 1 saturated carbocycles. The van der Waals surface area contributed by atoms with Crippen LogP contribution in [0.4, 0.5) is 0 Å². The van der Waals surface area contributed by atoms with E-state index in [0.717, 1.165) is 38.5 Å². The van der Waals surface area contributed by atoms with Gasteiger partial charge in [0.1, 0.15) is 0 Å². The molecule has 3 rings (SSSR count). The first-order valence-corrected chi connectivity index (χ1v) is 9.82. The lowest BCUT2D eigenvalue weighted by atomic mass is 10.0. The molecule has 1 aromatic rings. The average molecular weight is 471 g/mol. The third-order valence-corrected chi connectivity index (χ3v) is 5.49. The zero-order valence-corrected chi connectivity index (χ0v) is 18.9. The van der Waals surface area contributed by atoms with Crippen molar-refractivity contribution in [2.45, 2.75) is 64.0 Å². The van der Waals surface area contributed by atoms with Gasteiger partial charge in [0.25, 0.3) is 0 Å². The molecule has 4 nitrogen and oxygen atoms in total. The summed E-state index contributed by atoms with van der Waals surface area (Å²) < 4.78 is 5.75. The van der Waals surface area contributed by atoms with Crippen LogP contribution in [0.1, 0.15) is 63.0 Å². The molecule has 0 amide bonds. The van der Waals surface area contributed by atoms with E-state index in [0.29, 0.717) is 24.0 Å². The van der Waals surface area contributed by atoms with Gasteiger partial charge < -0.3 is 15.0 Å². The van der Waals surface area contributed by atoms with Crippen LogP contribution in [0.25, 0.3) is 0 Å². The Labute approximate surface area is 175 Å². The van der Waals surface area contributed by atoms with Crippen molar-refractivity contribution in [3.05, 3.63) is 35.4 Å². The van der Waals surface area contributed by atoms with Crippen LogP contribution in [-0.4, -0.2) is 49.7 Å². The summed E-state index contributed by atoms with van der Waals surface area (Å²) in [4.78, 5) is 6.90. The topological polar surface area (TPSA) is 36.9 Å². The number of piperidine rings is 1. The summed E-state index contributed by atoms with van der Waals surface area (Å²) in [6.07, 6.45) is 3.82. The number of ether oxygens (including phenoxy) is 1. The summed E-state index contributed by atoms with van der Waals surface area (Å²) in [6, 6.07) is 9.69. The van der Waals surface area contributed by atoms with Crippen molar-refractivity contribution in [1.29, 1.82) is 0 Å². The third-order valence-electron chi connectivity index (χ3n) is 5.49. The molecule has 1 saturated heterocycles. The van der Waals surface area contributed by atoms with Crippen LogP contribution in [0, 0.1) is 0 Å². The van der Waals surface area contributed by atoms with Crippen molar-refractivity contribution in [3.63, 3.8) is 0 Å². The molecule has 26 heavy (non-hydrogen) atoms. The predicted octanol–water partition coefficient (Wildman–Crippen LogP) is 4.36. The number of hydrogen-bond acceptors (Lipinski definition) is 2. The van der Waals surface area contributed by atoms with Gasteiger partial charge in [0.15, 0.2) is 5.96 Å². The molecule has 2 fully saturated rings. The van der Waals surface area contributed by atoms with Crippen LogP contribution in [0.5, 0.6) is 0 Å². The van der Waals surface area contributed by atoms with E-state index in [1.165, 1.54) is 17.5 Å². The number of guanidine groups is 1. The van der Waals surface area contributed by atoms with E-state index in [9.17, 15) is 0 Å². The van der Waals surface area contributed by atoms with Crippen LogP contribution in [0.15, 0.2) is 29.3 Å². The molecular weight excluding hydrogens is 437 g/mol. The maximum Gasteiger partial charge on any atom is 0.193 e. The Kier molecular flexibility index (Phi) is 8.20. The molecule has 0 spiro atoms. The Bertz CT molecular complexity index is 579. The van der Waals surface area contributed by atoms with E-state index in [1.807, 2.05) is 7.05 Å². The van der Waals surface area contributed by atoms with Crippen LogP contribution < -0.4 is 5.32 Å². The molecule has 2 unspecified atom stereocenters. The Morgan fingerprint density at radius 3 is 2.42 bits per heavy atom. The van der Waals surface area contributed by atoms with Gasteiger partial charge in [0.05, 0.1) is 6.10 Å². The number of nitrogens with one attached hydrogen (secondary N) is 1. The minimum atomic E-state index is 0. The first-order chi connectivity index (χ1) is 12.1. The van der Waals surface area contributed by atoms with Gasteiger partial charge in [-0.2, -0.15) is 0 Å². The quantitative estimate of drug-likeness (QED) is 0.394. The number of halogens is 1. The second-order valence-corrected chi connectivity index (χ2v) is 7.60. The van der Waals surface area contributed by atoms with E-state index in [1.54, 1.807) is 0 Å². The van der Waals surface area contributed by atoms with Crippen LogP contribution >= 0.6 is 24.0 Å². The SMILES string of the molecule is CCOC1CCN(C(=NC)NC2CC2c2ccc(C(C)C)cc2)CC1.I. The van der Waals surface area contributed by atoms with E-state index < -0.39 is 0 Å². The molecule has 1 aromatic carbocycles. The van der Waals surface area contributed by atoms with Crippen LogP contribution in [-0.2, 0) is 4.74 Å². The van der Waals surface area contributed by atoms with Gasteiger partial charge in [-0.3, -0.25) is 4.99 Å². The molecule has 1 heterocycles. The van der Waals surface area contributed by atoms with Gasteiger partial charge in [-0.15, -0.1) is 24.0 Å². The van der Waals surface area contributed by atoms with Crippen LogP contribution in [0.3, 0.4) is 0 Å². The van der Waals surface area contributed by atoms with E-state index in [2.05, 4.69) is 60.2 Å². The monoisotopic (exact) mass is 471 g/mol. The second-order valence-electron chi connectivity index (χ2n) is 7.60. The molecule has 0 radical (unpaired) electrons. The minimum Gasteiger partial charge on any atom is -0.378 e. The zero-order chi connectivity index (χ0) is 17.8.